The fourth-order valence-electron chi connectivity index (χ4n) is 0.582. The topological polar surface area (TPSA) is 67.8 Å². The molecule has 0 fully saturated rings. The molecule has 1 N–H and O–H groups in total. The van der Waals surface area contributed by atoms with E-state index in [0.29, 0.717) is 0 Å². The second-order valence-electron chi connectivity index (χ2n) is 2.28. The first-order valence-corrected chi connectivity index (χ1v) is 4.89. The van der Waals surface area contributed by atoms with Gasteiger partial charge in [-0.25, -0.2) is 0 Å². The smallest absolute Gasteiger partial charge is 0.356 e. The van der Waals surface area contributed by atoms with Crippen LogP contribution >= 0.6 is 0 Å². The van der Waals surface area contributed by atoms with E-state index in [4.69, 9.17) is 0 Å². The van der Waals surface area contributed by atoms with Crippen LogP contribution in [0.5, 0.6) is 0 Å². The summed E-state index contributed by atoms with van der Waals surface area (Å²) >= 11 is 0. The van der Waals surface area contributed by atoms with Crippen LogP contribution in [-0.2, 0) is 14.3 Å². The Morgan fingerprint density at radius 1 is 1.40 bits per heavy atom. The van der Waals surface area contributed by atoms with Crippen LogP contribution < -0.4 is 5.32 Å². The molecule has 1 aliphatic heterocycles. The molecule has 0 spiro atoms. The molecule has 0 saturated heterocycles. The molecular weight excluding hydrogens is 237 g/mol. The number of hydrogen-bond acceptors (Lipinski definition) is 5. The van der Waals surface area contributed by atoms with Crippen molar-refractivity contribution >= 4 is 16.3 Å². The van der Waals surface area contributed by atoms with Gasteiger partial charge in [-0.2, -0.15) is 21.6 Å². The lowest BCUT2D eigenvalue weighted by Gasteiger charge is -2.10. The molecule has 1 aliphatic rings. The summed E-state index contributed by atoms with van der Waals surface area (Å²) in [7, 11) is -5.65. The summed E-state index contributed by atoms with van der Waals surface area (Å²) in [5.74, 6) is -0.627. The average molecular weight is 242 g/mol. The Bertz CT molecular complexity index is 421. The van der Waals surface area contributed by atoms with Gasteiger partial charge < -0.3 is 9.50 Å². The number of nitrogens with zero attached hydrogens (tertiary/aromatic N) is 1. The number of allylic oxidation sites excluding steroid dienone is 1. The summed E-state index contributed by atoms with van der Waals surface area (Å²) in [5, 5.41) is 2.16. The minimum absolute atomic E-state index is 0.627. The van der Waals surface area contributed by atoms with E-state index in [1.165, 1.54) is 18.5 Å². The first-order chi connectivity index (χ1) is 6.83. The van der Waals surface area contributed by atoms with Crippen molar-refractivity contribution in [2.75, 3.05) is 0 Å². The molecule has 0 radical (unpaired) electrons. The molecule has 84 valence electrons. The zero-order valence-electron chi connectivity index (χ0n) is 7.02. The third-order valence-corrected chi connectivity index (χ3v) is 2.13. The Morgan fingerprint density at radius 3 is 2.67 bits per heavy atom. The van der Waals surface area contributed by atoms with Gasteiger partial charge in [0, 0.05) is 12.4 Å². The van der Waals surface area contributed by atoms with Crippen molar-refractivity contribution in [2.24, 2.45) is 4.99 Å². The maximum atomic E-state index is 11.9. The number of rotatable bonds is 2. The second-order valence-corrected chi connectivity index (χ2v) is 3.82. The van der Waals surface area contributed by atoms with Crippen LogP contribution in [0.25, 0.3) is 0 Å². The normalized spacial score (nSPS) is 16.6. The van der Waals surface area contributed by atoms with Crippen LogP contribution in [0.2, 0.25) is 0 Å². The first-order valence-electron chi connectivity index (χ1n) is 3.49. The SMILES string of the molecule is O=S(=O)(OC1=CN=CC=CN1)C(F)(F)F. The predicted molar refractivity (Wildman–Crippen MR) is 44.9 cm³/mol. The lowest BCUT2D eigenvalue weighted by atomic mass is 10.7. The van der Waals surface area contributed by atoms with Gasteiger partial charge in [-0.15, -0.1) is 0 Å². The van der Waals surface area contributed by atoms with Crippen molar-refractivity contribution in [1.29, 1.82) is 0 Å². The molecule has 5 nitrogen and oxygen atoms in total. The lowest BCUT2D eigenvalue weighted by Crippen LogP contribution is -2.27. The van der Waals surface area contributed by atoms with E-state index in [0.717, 1.165) is 6.20 Å². The highest BCUT2D eigenvalue weighted by Crippen LogP contribution is 2.26. The van der Waals surface area contributed by atoms with Gasteiger partial charge in [0.05, 0.1) is 6.20 Å². The second kappa shape index (κ2) is 3.93. The van der Waals surface area contributed by atoms with Gasteiger partial charge in [0.15, 0.2) is 0 Å². The van der Waals surface area contributed by atoms with E-state index in [9.17, 15) is 21.6 Å². The minimum atomic E-state index is -5.65. The van der Waals surface area contributed by atoms with Crippen molar-refractivity contribution in [3.8, 4) is 0 Å². The zero-order chi connectivity index (χ0) is 11.5. The fraction of sp³-hybridized carbons (Fsp3) is 0.167. The maximum absolute atomic E-state index is 11.9. The van der Waals surface area contributed by atoms with Gasteiger partial charge >= 0.3 is 15.6 Å². The van der Waals surface area contributed by atoms with Crippen LogP contribution in [0.3, 0.4) is 0 Å². The van der Waals surface area contributed by atoms with Gasteiger partial charge in [0.25, 0.3) is 0 Å². The maximum Gasteiger partial charge on any atom is 0.534 e. The summed E-state index contributed by atoms with van der Waals surface area (Å²) in [6.45, 7) is 0. The van der Waals surface area contributed by atoms with Crippen molar-refractivity contribution in [1.82, 2.24) is 5.32 Å². The largest absolute Gasteiger partial charge is 0.534 e. The summed E-state index contributed by atoms with van der Waals surface area (Å²) in [5.41, 5.74) is -5.46. The van der Waals surface area contributed by atoms with Crippen molar-refractivity contribution in [3.63, 3.8) is 0 Å². The van der Waals surface area contributed by atoms with E-state index < -0.39 is 21.5 Å². The van der Waals surface area contributed by atoms with Crippen LogP contribution in [0.15, 0.2) is 29.4 Å². The molecule has 1 heterocycles. The van der Waals surface area contributed by atoms with Crippen LogP contribution in [0.1, 0.15) is 0 Å². The van der Waals surface area contributed by atoms with Crippen LogP contribution in [-0.4, -0.2) is 20.1 Å². The number of aliphatic imine (C=N–C) groups is 1. The molecule has 15 heavy (non-hydrogen) atoms. The Labute approximate surface area is 83.1 Å². The van der Waals surface area contributed by atoms with Gasteiger partial charge in [-0.1, -0.05) is 0 Å². The van der Waals surface area contributed by atoms with E-state index in [1.807, 2.05) is 0 Å². The molecule has 0 aromatic carbocycles. The Kier molecular flexibility index (Phi) is 3.03. The highest BCUT2D eigenvalue weighted by molar-refractivity contribution is 7.87. The van der Waals surface area contributed by atoms with Crippen molar-refractivity contribution in [2.45, 2.75) is 5.51 Å². The minimum Gasteiger partial charge on any atom is -0.356 e. The quantitative estimate of drug-likeness (QED) is 0.575. The van der Waals surface area contributed by atoms with Crippen LogP contribution in [0.4, 0.5) is 13.2 Å². The van der Waals surface area contributed by atoms with E-state index >= 15 is 0 Å². The summed E-state index contributed by atoms with van der Waals surface area (Å²) in [6.07, 6.45) is 4.58. The Balaban J connectivity index is 2.83. The first kappa shape index (κ1) is 11.6. The summed E-state index contributed by atoms with van der Waals surface area (Å²) in [4.78, 5) is 3.43. The molecular formula is C6H5F3N2O3S. The molecule has 0 atom stereocenters. The fourth-order valence-corrected chi connectivity index (χ4v) is 1.00. The molecule has 0 saturated carbocycles. The molecule has 1 rings (SSSR count). The highest BCUT2D eigenvalue weighted by Gasteiger charge is 2.49. The standard InChI is InChI=1S/C6H5F3N2O3S/c7-6(8,9)15(12,13)14-5-4-10-2-1-3-11-5/h1-4,11H. The molecule has 0 aromatic heterocycles. The Morgan fingerprint density at radius 2 is 2.07 bits per heavy atom. The molecule has 0 unspecified atom stereocenters. The predicted octanol–water partition coefficient (Wildman–Crippen LogP) is 0.839. The summed E-state index contributed by atoms with van der Waals surface area (Å²) < 4.78 is 60.4. The van der Waals surface area contributed by atoms with Gasteiger partial charge in [0.1, 0.15) is 0 Å². The average Bonchev–Trinajstić information content (AvgIpc) is 2.30. The van der Waals surface area contributed by atoms with E-state index in [-0.39, 0.29) is 0 Å². The highest BCUT2D eigenvalue weighted by atomic mass is 32.2. The number of alkyl halides is 3. The lowest BCUT2D eigenvalue weighted by molar-refractivity contribution is -0.0524. The molecule has 0 aromatic rings. The Hall–Kier alpha value is -1.51. The van der Waals surface area contributed by atoms with Gasteiger partial charge in [-0.05, 0) is 6.08 Å². The van der Waals surface area contributed by atoms with Crippen molar-refractivity contribution in [3.05, 3.63) is 24.4 Å². The van der Waals surface area contributed by atoms with E-state index in [2.05, 4.69) is 14.5 Å². The third kappa shape index (κ3) is 2.98. The van der Waals surface area contributed by atoms with Gasteiger partial charge in [-0.3, -0.25) is 4.99 Å². The number of hydrogen-bond donors (Lipinski definition) is 1. The number of halogens is 3. The van der Waals surface area contributed by atoms with Gasteiger partial charge in [0.2, 0.25) is 5.88 Å². The summed E-state index contributed by atoms with van der Waals surface area (Å²) in [6, 6.07) is 0. The molecule has 9 heteroatoms. The zero-order valence-corrected chi connectivity index (χ0v) is 7.84. The molecule has 0 amide bonds. The van der Waals surface area contributed by atoms with E-state index in [1.54, 1.807) is 0 Å². The van der Waals surface area contributed by atoms with Crippen LogP contribution in [0, 0.1) is 0 Å². The molecule has 0 bridgehead atoms. The monoisotopic (exact) mass is 242 g/mol. The number of nitrogens with one attached hydrogen (secondary N) is 1. The third-order valence-electron chi connectivity index (χ3n) is 1.17. The van der Waals surface area contributed by atoms with Crippen molar-refractivity contribution < 1.29 is 25.8 Å². The molecule has 0 aliphatic carbocycles.